The second-order valence-electron chi connectivity index (χ2n) is 5.33. The second-order valence-corrected chi connectivity index (χ2v) is 7.45. The number of carbonyl (C=O) groups is 3. The van der Waals surface area contributed by atoms with Gasteiger partial charge in [-0.25, -0.2) is 4.79 Å². The van der Waals surface area contributed by atoms with E-state index in [1.54, 1.807) is 19.1 Å². The number of hydrogen-bond acceptors (Lipinski definition) is 8. The molecule has 136 valence electrons. The summed E-state index contributed by atoms with van der Waals surface area (Å²) < 4.78 is 5.14. The van der Waals surface area contributed by atoms with E-state index in [1.807, 2.05) is 5.38 Å². The fourth-order valence-electron chi connectivity index (χ4n) is 2.33. The van der Waals surface area contributed by atoms with Crippen molar-refractivity contribution >= 4 is 40.9 Å². The molecule has 0 saturated carbocycles. The fourth-order valence-corrected chi connectivity index (χ4v) is 4.28. The van der Waals surface area contributed by atoms with Gasteiger partial charge in [-0.3, -0.25) is 4.79 Å². The lowest BCUT2D eigenvalue weighted by Crippen LogP contribution is -2.67. The Balaban J connectivity index is 2.24. The maximum atomic E-state index is 12.3. The third-order valence-electron chi connectivity index (χ3n) is 3.62. The molecular weight excluding hydrogens is 368 g/mol. The van der Waals surface area contributed by atoms with E-state index in [2.05, 4.69) is 10.6 Å². The summed E-state index contributed by atoms with van der Waals surface area (Å²) in [6.45, 7) is 1.60. The zero-order valence-corrected chi connectivity index (χ0v) is 15.2. The minimum Gasteiger partial charge on any atom is -0.543 e. The number of carboxylic acid groups (broad SMARTS) is 2. The molecule has 2 atom stereocenters. The molecule has 3 N–H and O–H groups in total. The molecule has 1 aromatic rings. The van der Waals surface area contributed by atoms with Crippen LogP contribution in [0.1, 0.15) is 11.8 Å². The number of ether oxygens (including phenoxy) is 1. The summed E-state index contributed by atoms with van der Waals surface area (Å²) in [6, 6.07) is 3.54. The highest BCUT2D eigenvalue weighted by molar-refractivity contribution is 8.00. The highest BCUT2D eigenvalue weighted by atomic mass is 32.2. The highest BCUT2D eigenvalue weighted by Crippen LogP contribution is 2.30. The van der Waals surface area contributed by atoms with Gasteiger partial charge in [0, 0.05) is 17.7 Å². The van der Waals surface area contributed by atoms with E-state index in [0.29, 0.717) is 5.57 Å². The van der Waals surface area contributed by atoms with Crippen molar-refractivity contribution in [1.82, 2.24) is 10.6 Å². The summed E-state index contributed by atoms with van der Waals surface area (Å²) in [7, 11) is 1.14. The molecular formula is C15H17N2O6S2-. The molecule has 2 heterocycles. The predicted octanol–water partition coefficient (Wildman–Crippen LogP) is -0.479. The molecule has 1 amide bonds. The maximum Gasteiger partial charge on any atom is 0.360 e. The molecule has 2 rings (SSSR count). The van der Waals surface area contributed by atoms with Gasteiger partial charge in [0.15, 0.2) is 0 Å². The first-order valence-corrected chi connectivity index (χ1v) is 9.14. The van der Waals surface area contributed by atoms with Gasteiger partial charge in [0.25, 0.3) is 5.72 Å². The van der Waals surface area contributed by atoms with Gasteiger partial charge in [0.1, 0.15) is 5.37 Å². The third kappa shape index (κ3) is 4.14. The topological polar surface area (TPSA) is 128 Å². The molecule has 0 aliphatic carbocycles. The summed E-state index contributed by atoms with van der Waals surface area (Å²) in [4.78, 5) is 36.1. The zero-order valence-electron chi connectivity index (χ0n) is 13.5. The molecule has 0 fully saturated rings. The van der Waals surface area contributed by atoms with Crippen LogP contribution in [0.4, 0.5) is 0 Å². The molecule has 0 bridgehead atoms. The van der Waals surface area contributed by atoms with Gasteiger partial charge in [-0.05, 0) is 23.9 Å². The van der Waals surface area contributed by atoms with Crippen molar-refractivity contribution in [2.24, 2.45) is 0 Å². The van der Waals surface area contributed by atoms with Gasteiger partial charge in [-0.2, -0.15) is 0 Å². The van der Waals surface area contributed by atoms with Gasteiger partial charge in [0.05, 0.1) is 18.1 Å². The predicted molar refractivity (Wildman–Crippen MR) is 90.6 cm³/mol. The average Bonchev–Trinajstić information content (AvgIpc) is 3.05. The second kappa shape index (κ2) is 7.89. The first-order valence-electron chi connectivity index (χ1n) is 7.21. The molecule has 1 aliphatic heterocycles. The molecule has 1 aliphatic rings. The van der Waals surface area contributed by atoms with E-state index >= 15 is 0 Å². The maximum absolute atomic E-state index is 12.3. The van der Waals surface area contributed by atoms with Crippen LogP contribution < -0.4 is 15.7 Å². The van der Waals surface area contributed by atoms with Crippen LogP contribution >= 0.6 is 23.1 Å². The Kier molecular flexibility index (Phi) is 6.09. The van der Waals surface area contributed by atoms with Crippen LogP contribution in [0.25, 0.3) is 0 Å². The molecule has 0 spiro atoms. The van der Waals surface area contributed by atoms with Gasteiger partial charge in [-0.15, -0.1) is 23.1 Å². The summed E-state index contributed by atoms with van der Waals surface area (Å²) in [5.41, 5.74) is -1.80. The number of carbonyl (C=O) groups excluding carboxylic acids is 2. The third-order valence-corrected chi connectivity index (χ3v) is 5.88. The van der Waals surface area contributed by atoms with E-state index in [0.717, 1.165) is 23.7 Å². The van der Waals surface area contributed by atoms with Gasteiger partial charge in [-0.1, -0.05) is 6.07 Å². The Hall–Kier alpha value is -2.04. The number of carboxylic acids is 2. The molecule has 0 radical (unpaired) electrons. The van der Waals surface area contributed by atoms with Crippen molar-refractivity contribution in [2.75, 3.05) is 12.9 Å². The molecule has 8 nitrogen and oxygen atoms in total. The normalized spacial score (nSPS) is 19.7. The molecule has 1 aromatic heterocycles. The summed E-state index contributed by atoms with van der Waals surface area (Å²) in [5, 5.41) is 26.6. The highest BCUT2D eigenvalue weighted by Gasteiger charge is 2.50. The Morgan fingerprint density at radius 2 is 2.24 bits per heavy atom. The smallest absolute Gasteiger partial charge is 0.360 e. The minimum absolute atomic E-state index is 0.00431. The molecule has 0 saturated heterocycles. The minimum atomic E-state index is -2.12. The van der Waals surface area contributed by atoms with Crippen LogP contribution in [0, 0.1) is 0 Å². The standard InChI is InChI=1S/C15H18N2O6S2/c1-8-7-25-13(16-11(8)12(19)20)15(23-2,14(21)22)17-10(18)6-9-4-3-5-24-9/h3-5,13,16H,6-7H2,1-2H3,(H,17,18)(H,19,20)(H,21,22)/p-1/t13-,15-/m1/s1. The lowest BCUT2D eigenvalue weighted by atomic mass is 10.1. The van der Waals surface area contributed by atoms with E-state index in [4.69, 9.17) is 4.74 Å². The van der Waals surface area contributed by atoms with Gasteiger partial charge < -0.3 is 30.4 Å². The van der Waals surface area contributed by atoms with Gasteiger partial charge >= 0.3 is 5.97 Å². The number of nitrogens with one attached hydrogen (secondary N) is 2. The van der Waals surface area contributed by atoms with Crippen LogP contribution in [0.2, 0.25) is 0 Å². The van der Waals surface area contributed by atoms with Crippen molar-refractivity contribution in [3.8, 4) is 0 Å². The van der Waals surface area contributed by atoms with Crippen molar-refractivity contribution in [3.63, 3.8) is 0 Å². The van der Waals surface area contributed by atoms with Crippen molar-refractivity contribution in [1.29, 1.82) is 0 Å². The number of amides is 1. The van der Waals surface area contributed by atoms with E-state index in [1.165, 1.54) is 11.3 Å². The Morgan fingerprint density at radius 3 is 2.76 bits per heavy atom. The molecule has 10 heteroatoms. The quantitative estimate of drug-likeness (QED) is 0.537. The van der Waals surface area contributed by atoms with E-state index < -0.39 is 28.9 Å². The fraction of sp³-hybridized carbons (Fsp3) is 0.400. The van der Waals surface area contributed by atoms with Crippen molar-refractivity contribution in [2.45, 2.75) is 24.4 Å². The van der Waals surface area contributed by atoms with E-state index in [-0.39, 0.29) is 17.9 Å². The number of rotatable bonds is 7. The SMILES string of the molecule is CO[C@@](NC(=O)Cc1cccs1)(C(=O)O)[C@@H]1NC(C(=O)[O-])=C(C)CS1. The first-order chi connectivity index (χ1) is 11.8. The zero-order chi connectivity index (χ0) is 18.6. The Bertz CT molecular complexity index is 703. The summed E-state index contributed by atoms with van der Waals surface area (Å²) in [5.74, 6) is -3.16. The number of thioether (sulfide) groups is 1. The number of hydrogen-bond donors (Lipinski definition) is 3. The van der Waals surface area contributed by atoms with Crippen molar-refractivity contribution in [3.05, 3.63) is 33.7 Å². The first kappa shape index (κ1) is 19.3. The van der Waals surface area contributed by atoms with Crippen LogP contribution in [0.15, 0.2) is 28.8 Å². The molecule has 0 unspecified atom stereocenters. The Labute approximate surface area is 152 Å². The summed E-state index contributed by atoms with van der Waals surface area (Å²) in [6.07, 6.45) is -0.00431. The molecule has 25 heavy (non-hydrogen) atoms. The average molecular weight is 385 g/mol. The van der Waals surface area contributed by atoms with E-state index in [9.17, 15) is 24.6 Å². The lowest BCUT2D eigenvalue weighted by Gasteiger charge is -2.39. The lowest BCUT2D eigenvalue weighted by molar-refractivity contribution is -0.300. The number of aliphatic carboxylic acids is 2. The largest absolute Gasteiger partial charge is 0.543 e. The van der Waals surface area contributed by atoms with Crippen LogP contribution in [0.3, 0.4) is 0 Å². The summed E-state index contributed by atoms with van der Waals surface area (Å²) >= 11 is 2.49. The monoisotopic (exact) mass is 385 g/mol. The van der Waals surface area contributed by atoms with Crippen molar-refractivity contribution < 1.29 is 29.3 Å². The molecule has 0 aromatic carbocycles. The van der Waals surface area contributed by atoms with Crippen LogP contribution in [-0.2, 0) is 25.5 Å². The van der Waals surface area contributed by atoms with Crippen LogP contribution in [-0.4, -0.2) is 46.9 Å². The number of methoxy groups -OCH3 is 1. The number of thiophene rings is 1. The Morgan fingerprint density at radius 1 is 1.52 bits per heavy atom. The van der Waals surface area contributed by atoms with Crippen LogP contribution in [0.5, 0.6) is 0 Å². The van der Waals surface area contributed by atoms with Gasteiger partial charge in [0.2, 0.25) is 5.91 Å².